The molecule has 1 N–H and O–H groups in total. The number of hydrogen-bond donors (Lipinski definition) is 1. The molecule has 3 heteroatoms. The zero-order valence-electron chi connectivity index (χ0n) is 8.76. The van der Waals surface area contributed by atoms with E-state index in [-0.39, 0.29) is 17.7 Å². The van der Waals surface area contributed by atoms with Crippen LogP contribution in [0, 0.1) is 17.6 Å². The molecule has 1 saturated carbocycles. The molecule has 1 fully saturated rings. The number of hydrogen-bond acceptors (Lipinski definition) is 1. The Morgan fingerprint density at radius 2 is 2.13 bits per heavy atom. The summed E-state index contributed by atoms with van der Waals surface area (Å²) < 4.78 is 26.3. The maximum absolute atomic E-state index is 13.4. The molecule has 0 aromatic heterocycles. The first-order chi connectivity index (χ1) is 7.16. The molecule has 2 rings (SSSR count). The molecule has 15 heavy (non-hydrogen) atoms. The molecule has 82 valence electrons. The molecule has 1 nitrogen and oxygen atoms in total. The fourth-order valence-electron chi connectivity index (χ4n) is 1.62. The summed E-state index contributed by atoms with van der Waals surface area (Å²) in [5.74, 6) is 0.0164. The van der Waals surface area contributed by atoms with E-state index in [1.54, 1.807) is 0 Å². The maximum Gasteiger partial charge on any atom is 0.128 e. The highest BCUT2D eigenvalue weighted by Gasteiger charge is 2.22. The third kappa shape index (κ3) is 2.75. The fraction of sp³-hybridized carbons (Fsp3) is 0.500. The zero-order chi connectivity index (χ0) is 10.8. The summed E-state index contributed by atoms with van der Waals surface area (Å²) in [7, 11) is 0. The smallest absolute Gasteiger partial charge is 0.128 e. The highest BCUT2D eigenvalue weighted by Crippen LogP contribution is 2.28. The Bertz CT molecular complexity index is 347. The number of benzene rings is 1. The van der Waals surface area contributed by atoms with Crippen molar-refractivity contribution in [1.82, 2.24) is 5.32 Å². The van der Waals surface area contributed by atoms with Crippen LogP contribution in [0.3, 0.4) is 0 Å². The van der Waals surface area contributed by atoms with Gasteiger partial charge in [0.05, 0.1) is 0 Å². The first-order valence-electron chi connectivity index (χ1n) is 5.35. The number of nitrogens with one attached hydrogen (secondary N) is 1. The second-order valence-electron chi connectivity index (χ2n) is 4.24. The Morgan fingerprint density at radius 3 is 2.80 bits per heavy atom. The Kier molecular flexibility index (Phi) is 3.00. The van der Waals surface area contributed by atoms with Crippen molar-refractivity contribution in [3.8, 4) is 0 Å². The molecular formula is C12H15F2N. The van der Waals surface area contributed by atoms with Crippen LogP contribution in [0.4, 0.5) is 8.78 Å². The van der Waals surface area contributed by atoms with E-state index in [9.17, 15) is 8.78 Å². The van der Waals surface area contributed by atoms with Gasteiger partial charge in [0.15, 0.2) is 0 Å². The summed E-state index contributed by atoms with van der Waals surface area (Å²) in [5.41, 5.74) is 0.413. The van der Waals surface area contributed by atoms with Crippen LogP contribution in [-0.4, -0.2) is 6.54 Å². The predicted molar refractivity (Wildman–Crippen MR) is 55.5 cm³/mol. The number of rotatable bonds is 4. The van der Waals surface area contributed by atoms with Gasteiger partial charge in [-0.1, -0.05) is 0 Å². The summed E-state index contributed by atoms with van der Waals surface area (Å²) in [6, 6.07) is 3.47. The van der Waals surface area contributed by atoms with E-state index in [0.717, 1.165) is 18.5 Å². The number of halogens is 2. The summed E-state index contributed by atoms with van der Waals surface area (Å²) in [5, 5.41) is 3.22. The van der Waals surface area contributed by atoms with Crippen LogP contribution in [0.5, 0.6) is 0 Å². The SMILES string of the molecule is CC(NCC1CC1)c1cc(F)ccc1F. The molecule has 0 bridgehead atoms. The molecule has 1 aromatic rings. The fourth-order valence-corrected chi connectivity index (χ4v) is 1.62. The van der Waals surface area contributed by atoms with Gasteiger partial charge in [-0.15, -0.1) is 0 Å². The van der Waals surface area contributed by atoms with Crippen LogP contribution in [0.2, 0.25) is 0 Å². The van der Waals surface area contributed by atoms with Gasteiger partial charge in [-0.2, -0.15) is 0 Å². The van der Waals surface area contributed by atoms with Crippen LogP contribution in [0.15, 0.2) is 18.2 Å². The first kappa shape index (κ1) is 10.6. The van der Waals surface area contributed by atoms with Crippen molar-refractivity contribution in [2.24, 2.45) is 5.92 Å². The van der Waals surface area contributed by atoms with Crippen molar-refractivity contribution in [1.29, 1.82) is 0 Å². The van der Waals surface area contributed by atoms with E-state index in [1.807, 2.05) is 6.92 Å². The van der Waals surface area contributed by atoms with E-state index in [4.69, 9.17) is 0 Å². The topological polar surface area (TPSA) is 12.0 Å². The Morgan fingerprint density at radius 1 is 1.40 bits per heavy atom. The third-order valence-corrected chi connectivity index (χ3v) is 2.83. The summed E-state index contributed by atoms with van der Waals surface area (Å²) >= 11 is 0. The minimum absolute atomic E-state index is 0.124. The second-order valence-corrected chi connectivity index (χ2v) is 4.24. The minimum atomic E-state index is -0.383. The van der Waals surface area contributed by atoms with Gasteiger partial charge in [-0.3, -0.25) is 0 Å². The van der Waals surface area contributed by atoms with Crippen molar-refractivity contribution in [3.63, 3.8) is 0 Å². The molecule has 0 amide bonds. The van der Waals surface area contributed by atoms with Gasteiger partial charge in [-0.25, -0.2) is 8.78 Å². The van der Waals surface area contributed by atoms with Crippen LogP contribution in [0.25, 0.3) is 0 Å². The van der Waals surface area contributed by atoms with Crippen molar-refractivity contribution < 1.29 is 8.78 Å². The van der Waals surface area contributed by atoms with Crippen molar-refractivity contribution >= 4 is 0 Å². The highest BCUT2D eigenvalue weighted by molar-refractivity contribution is 5.21. The molecule has 0 heterocycles. The third-order valence-electron chi connectivity index (χ3n) is 2.83. The monoisotopic (exact) mass is 211 g/mol. The van der Waals surface area contributed by atoms with Gasteiger partial charge >= 0.3 is 0 Å². The Hall–Kier alpha value is -0.960. The molecular weight excluding hydrogens is 196 g/mol. The lowest BCUT2D eigenvalue weighted by Crippen LogP contribution is -2.22. The average Bonchev–Trinajstić information content (AvgIpc) is 3.02. The van der Waals surface area contributed by atoms with E-state index in [1.165, 1.54) is 25.0 Å². The van der Waals surface area contributed by atoms with Crippen molar-refractivity contribution in [2.45, 2.75) is 25.8 Å². The molecule has 0 spiro atoms. The lowest BCUT2D eigenvalue weighted by atomic mass is 10.1. The summed E-state index contributed by atoms with van der Waals surface area (Å²) in [4.78, 5) is 0. The summed E-state index contributed by atoms with van der Waals surface area (Å²) in [6.45, 7) is 2.76. The average molecular weight is 211 g/mol. The molecule has 1 unspecified atom stereocenters. The van der Waals surface area contributed by atoms with E-state index in [2.05, 4.69) is 5.32 Å². The van der Waals surface area contributed by atoms with Crippen molar-refractivity contribution in [2.75, 3.05) is 6.54 Å². The van der Waals surface area contributed by atoms with Crippen LogP contribution in [-0.2, 0) is 0 Å². The largest absolute Gasteiger partial charge is 0.310 e. The van der Waals surface area contributed by atoms with Gasteiger partial charge in [-0.05, 0) is 50.4 Å². The van der Waals surface area contributed by atoms with Crippen LogP contribution in [0.1, 0.15) is 31.4 Å². The highest BCUT2D eigenvalue weighted by atomic mass is 19.1. The molecule has 1 aromatic carbocycles. The zero-order valence-corrected chi connectivity index (χ0v) is 8.76. The van der Waals surface area contributed by atoms with Gasteiger partial charge in [0.25, 0.3) is 0 Å². The normalized spacial score (nSPS) is 17.8. The molecule has 0 saturated heterocycles. The molecule has 0 radical (unpaired) electrons. The molecule has 1 aliphatic rings. The Balaban J connectivity index is 2.02. The van der Waals surface area contributed by atoms with Crippen LogP contribution >= 0.6 is 0 Å². The van der Waals surface area contributed by atoms with E-state index in [0.29, 0.717) is 5.56 Å². The van der Waals surface area contributed by atoms with Crippen LogP contribution < -0.4 is 5.32 Å². The lowest BCUT2D eigenvalue weighted by Gasteiger charge is -2.14. The standard InChI is InChI=1S/C12H15F2N/c1-8(15-7-9-2-3-9)11-6-10(13)4-5-12(11)14/h4-6,8-9,15H,2-3,7H2,1H3. The Labute approximate surface area is 88.5 Å². The van der Waals surface area contributed by atoms with Gasteiger partial charge < -0.3 is 5.32 Å². The first-order valence-corrected chi connectivity index (χ1v) is 5.35. The lowest BCUT2D eigenvalue weighted by molar-refractivity contribution is 0.507. The van der Waals surface area contributed by atoms with Gasteiger partial charge in [0.2, 0.25) is 0 Å². The quantitative estimate of drug-likeness (QED) is 0.807. The molecule has 1 atom stereocenters. The molecule has 0 aliphatic heterocycles. The van der Waals surface area contributed by atoms with E-state index < -0.39 is 0 Å². The minimum Gasteiger partial charge on any atom is -0.310 e. The summed E-state index contributed by atoms with van der Waals surface area (Å²) in [6.07, 6.45) is 2.51. The molecule has 1 aliphatic carbocycles. The maximum atomic E-state index is 13.4. The van der Waals surface area contributed by atoms with Crippen molar-refractivity contribution in [3.05, 3.63) is 35.4 Å². The predicted octanol–water partition coefficient (Wildman–Crippen LogP) is 3.03. The van der Waals surface area contributed by atoms with Gasteiger partial charge in [0.1, 0.15) is 11.6 Å². The second kappa shape index (κ2) is 4.27. The van der Waals surface area contributed by atoms with Gasteiger partial charge in [0, 0.05) is 11.6 Å². The van der Waals surface area contributed by atoms with E-state index >= 15 is 0 Å².